The van der Waals surface area contributed by atoms with Crippen LogP contribution in [0.2, 0.25) is 0 Å². The van der Waals surface area contributed by atoms with Gasteiger partial charge in [-0.15, -0.1) is 0 Å². The first kappa shape index (κ1) is 11.4. The van der Waals surface area contributed by atoms with E-state index in [1.807, 2.05) is 16.8 Å². The summed E-state index contributed by atoms with van der Waals surface area (Å²) in [5.74, 6) is 2.36. The van der Waals surface area contributed by atoms with Gasteiger partial charge >= 0.3 is 0 Å². The van der Waals surface area contributed by atoms with Gasteiger partial charge in [-0.25, -0.2) is 9.67 Å². The molecular weight excluding hydrogens is 224 g/mol. The number of fused-ring (bicyclic) bond motifs is 1. The summed E-state index contributed by atoms with van der Waals surface area (Å²) in [6.45, 7) is 5.04. The van der Waals surface area contributed by atoms with E-state index in [2.05, 4.69) is 36.1 Å². The number of aromatic nitrogens is 3. The lowest BCUT2D eigenvalue weighted by Crippen LogP contribution is -2.39. The average molecular weight is 242 g/mol. The maximum absolute atomic E-state index is 6.08. The fourth-order valence-corrected chi connectivity index (χ4v) is 2.43. The molecule has 1 aromatic carbocycles. The van der Waals surface area contributed by atoms with Gasteiger partial charge in [0.25, 0.3) is 0 Å². The van der Waals surface area contributed by atoms with Crippen LogP contribution in [-0.2, 0) is 13.0 Å². The van der Waals surface area contributed by atoms with Crippen molar-refractivity contribution in [2.45, 2.75) is 32.9 Å². The molecule has 0 saturated carbocycles. The second kappa shape index (κ2) is 4.21. The van der Waals surface area contributed by atoms with Gasteiger partial charge in [-0.05, 0) is 18.4 Å². The van der Waals surface area contributed by atoms with Gasteiger partial charge in [-0.1, -0.05) is 31.2 Å². The number of rotatable bonds is 1. The van der Waals surface area contributed by atoms with Crippen molar-refractivity contribution in [2.75, 3.05) is 0 Å². The van der Waals surface area contributed by atoms with Crippen molar-refractivity contribution in [1.82, 2.24) is 14.8 Å². The van der Waals surface area contributed by atoms with Crippen LogP contribution in [0.25, 0.3) is 11.4 Å². The molecule has 0 spiro atoms. The Labute approximate surface area is 107 Å². The summed E-state index contributed by atoms with van der Waals surface area (Å²) in [6.07, 6.45) is 0.917. The van der Waals surface area contributed by atoms with Gasteiger partial charge in [0.1, 0.15) is 5.82 Å². The fourth-order valence-electron chi connectivity index (χ4n) is 2.43. The summed E-state index contributed by atoms with van der Waals surface area (Å²) in [4.78, 5) is 4.66. The topological polar surface area (TPSA) is 56.7 Å². The van der Waals surface area contributed by atoms with Crippen molar-refractivity contribution in [2.24, 2.45) is 11.7 Å². The molecule has 0 saturated heterocycles. The molecule has 3 rings (SSSR count). The molecule has 2 N–H and O–H groups in total. The van der Waals surface area contributed by atoms with E-state index >= 15 is 0 Å². The van der Waals surface area contributed by atoms with E-state index in [0.717, 1.165) is 30.2 Å². The minimum Gasteiger partial charge on any atom is -0.326 e. The van der Waals surface area contributed by atoms with Gasteiger partial charge in [-0.2, -0.15) is 5.10 Å². The molecule has 2 unspecified atom stereocenters. The van der Waals surface area contributed by atoms with Crippen LogP contribution in [0.5, 0.6) is 0 Å². The van der Waals surface area contributed by atoms with Crippen LogP contribution >= 0.6 is 0 Å². The third kappa shape index (κ3) is 1.82. The van der Waals surface area contributed by atoms with Crippen molar-refractivity contribution in [3.05, 3.63) is 35.7 Å². The maximum atomic E-state index is 6.08. The zero-order chi connectivity index (χ0) is 12.7. The molecule has 0 bridgehead atoms. The van der Waals surface area contributed by atoms with Crippen molar-refractivity contribution in [3.63, 3.8) is 0 Å². The lowest BCUT2D eigenvalue weighted by Gasteiger charge is -2.25. The second-order valence-corrected chi connectivity index (χ2v) is 5.19. The molecule has 0 amide bonds. The average Bonchev–Trinajstić information content (AvgIpc) is 2.73. The molecule has 0 radical (unpaired) electrons. The van der Waals surface area contributed by atoms with E-state index in [0.29, 0.717) is 5.92 Å². The van der Waals surface area contributed by atoms with Crippen molar-refractivity contribution >= 4 is 0 Å². The standard InChI is InChI=1S/C14H18N4/c1-9-5-3-4-6-11(9)14-16-13-7-10(2)12(15)8-18(13)17-14/h3-6,10,12H,7-8,15H2,1-2H3. The van der Waals surface area contributed by atoms with E-state index in [9.17, 15) is 0 Å². The minimum atomic E-state index is 0.184. The van der Waals surface area contributed by atoms with Gasteiger partial charge in [0, 0.05) is 18.0 Å². The highest BCUT2D eigenvalue weighted by Gasteiger charge is 2.25. The molecule has 2 aromatic rings. The van der Waals surface area contributed by atoms with Crippen LogP contribution in [-0.4, -0.2) is 20.8 Å². The van der Waals surface area contributed by atoms with Gasteiger partial charge < -0.3 is 5.73 Å². The monoisotopic (exact) mass is 242 g/mol. The lowest BCUT2D eigenvalue weighted by atomic mass is 9.96. The first-order valence-corrected chi connectivity index (χ1v) is 6.40. The highest BCUT2D eigenvalue weighted by Crippen LogP contribution is 2.23. The van der Waals surface area contributed by atoms with Crippen LogP contribution in [0.1, 0.15) is 18.3 Å². The van der Waals surface area contributed by atoms with E-state index < -0.39 is 0 Å². The summed E-state index contributed by atoms with van der Waals surface area (Å²) < 4.78 is 1.96. The summed E-state index contributed by atoms with van der Waals surface area (Å²) in [6, 6.07) is 8.40. The van der Waals surface area contributed by atoms with Crippen LogP contribution in [0.15, 0.2) is 24.3 Å². The summed E-state index contributed by atoms with van der Waals surface area (Å²) in [5, 5.41) is 4.59. The molecule has 1 aliphatic heterocycles. The van der Waals surface area contributed by atoms with Gasteiger partial charge in [0.2, 0.25) is 0 Å². The zero-order valence-corrected chi connectivity index (χ0v) is 10.8. The molecule has 4 nitrogen and oxygen atoms in total. The molecule has 2 heterocycles. The van der Waals surface area contributed by atoms with Crippen LogP contribution in [0, 0.1) is 12.8 Å². The highest BCUT2D eigenvalue weighted by molar-refractivity contribution is 5.59. The van der Waals surface area contributed by atoms with Gasteiger partial charge in [-0.3, -0.25) is 0 Å². The smallest absolute Gasteiger partial charge is 0.181 e. The third-order valence-corrected chi connectivity index (χ3v) is 3.75. The number of hydrogen-bond acceptors (Lipinski definition) is 3. The van der Waals surface area contributed by atoms with Crippen molar-refractivity contribution < 1.29 is 0 Å². The Bertz CT molecular complexity index is 545. The number of nitrogens with two attached hydrogens (primary N) is 1. The predicted octanol–water partition coefficient (Wildman–Crippen LogP) is 1.77. The van der Waals surface area contributed by atoms with Crippen LogP contribution in [0.3, 0.4) is 0 Å². The molecule has 4 heteroatoms. The Balaban J connectivity index is 2.02. The molecular formula is C14H18N4. The molecule has 0 aliphatic carbocycles. The SMILES string of the molecule is Cc1ccccc1-c1nc2n(n1)CC(N)C(C)C2. The molecule has 18 heavy (non-hydrogen) atoms. The molecule has 0 fully saturated rings. The fraction of sp³-hybridized carbons (Fsp3) is 0.429. The molecule has 1 aromatic heterocycles. The Kier molecular flexibility index (Phi) is 2.67. The quantitative estimate of drug-likeness (QED) is 0.829. The molecule has 2 atom stereocenters. The number of nitrogens with zero attached hydrogens (tertiary/aromatic N) is 3. The van der Waals surface area contributed by atoms with Crippen LogP contribution < -0.4 is 5.73 Å². The van der Waals surface area contributed by atoms with E-state index in [1.54, 1.807) is 0 Å². The minimum absolute atomic E-state index is 0.184. The molecule has 94 valence electrons. The van der Waals surface area contributed by atoms with Gasteiger partial charge in [0.15, 0.2) is 5.82 Å². The highest BCUT2D eigenvalue weighted by atomic mass is 15.4. The zero-order valence-electron chi connectivity index (χ0n) is 10.8. The Morgan fingerprint density at radius 1 is 1.33 bits per heavy atom. The Morgan fingerprint density at radius 2 is 2.11 bits per heavy atom. The predicted molar refractivity (Wildman–Crippen MR) is 71.0 cm³/mol. The number of hydrogen-bond donors (Lipinski definition) is 1. The Morgan fingerprint density at radius 3 is 2.89 bits per heavy atom. The van der Waals surface area contributed by atoms with Crippen molar-refractivity contribution in [3.8, 4) is 11.4 Å². The van der Waals surface area contributed by atoms with Gasteiger partial charge in [0.05, 0.1) is 6.54 Å². The first-order chi connectivity index (χ1) is 8.65. The first-order valence-electron chi connectivity index (χ1n) is 6.40. The molecule has 1 aliphatic rings. The Hall–Kier alpha value is -1.68. The van der Waals surface area contributed by atoms with E-state index in [-0.39, 0.29) is 6.04 Å². The van der Waals surface area contributed by atoms with Crippen LogP contribution in [0.4, 0.5) is 0 Å². The summed E-state index contributed by atoms with van der Waals surface area (Å²) in [7, 11) is 0. The summed E-state index contributed by atoms with van der Waals surface area (Å²) in [5.41, 5.74) is 8.40. The maximum Gasteiger partial charge on any atom is 0.181 e. The largest absolute Gasteiger partial charge is 0.326 e. The number of benzene rings is 1. The van der Waals surface area contributed by atoms with E-state index in [4.69, 9.17) is 5.73 Å². The van der Waals surface area contributed by atoms with E-state index in [1.165, 1.54) is 5.56 Å². The van der Waals surface area contributed by atoms with Crippen molar-refractivity contribution in [1.29, 1.82) is 0 Å². The summed E-state index contributed by atoms with van der Waals surface area (Å²) >= 11 is 0. The normalized spacial score (nSPS) is 22.8. The number of aryl methyl sites for hydroxylation is 1. The second-order valence-electron chi connectivity index (χ2n) is 5.19. The lowest BCUT2D eigenvalue weighted by molar-refractivity contribution is 0.330. The third-order valence-electron chi connectivity index (χ3n) is 3.75.